The van der Waals surface area contributed by atoms with Crippen LogP contribution in [0.4, 0.5) is 0 Å². The van der Waals surface area contributed by atoms with Crippen LogP contribution in [0.1, 0.15) is 103 Å². The van der Waals surface area contributed by atoms with Gasteiger partial charge in [0.2, 0.25) is 0 Å². The molecule has 0 N–H and O–H groups in total. The highest BCUT2D eigenvalue weighted by atomic mass is 15.2. The van der Waals surface area contributed by atoms with Crippen LogP contribution in [0.5, 0.6) is 0 Å². The molecule has 1 heterocycles. The summed E-state index contributed by atoms with van der Waals surface area (Å²) in [4.78, 5) is 10.5. The predicted molar refractivity (Wildman–Crippen MR) is 172 cm³/mol. The van der Waals surface area contributed by atoms with Crippen molar-refractivity contribution in [2.24, 2.45) is 10.9 Å². The highest BCUT2D eigenvalue weighted by Gasteiger charge is 2.22. The van der Waals surface area contributed by atoms with Crippen LogP contribution in [0, 0.1) is 12.8 Å². The number of aryl methyl sites for hydroxylation is 2. The van der Waals surface area contributed by atoms with E-state index in [4.69, 9.17) is 4.99 Å². The lowest BCUT2D eigenvalue weighted by Gasteiger charge is -2.37. The van der Waals surface area contributed by atoms with E-state index in [1.54, 1.807) is 5.57 Å². The number of benzene rings is 1. The van der Waals surface area contributed by atoms with E-state index in [1.807, 2.05) is 0 Å². The molecular formula is C36H55N3. The van der Waals surface area contributed by atoms with Gasteiger partial charge in [0.05, 0.1) is 5.70 Å². The van der Waals surface area contributed by atoms with Gasteiger partial charge in [-0.3, -0.25) is 4.99 Å². The number of hydrogen-bond acceptors (Lipinski definition) is 3. The highest BCUT2D eigenvalue weighted by Crippen LogP contribution is 2.32. The van der Waals surface area contributed by atoms with Crippen LogP contribution in [0.2, 0.25) is 0 Å². The number of hydrogen-bond donors (Lipinski definition) is 0. The molecule has 1 saturated heterocycles. The lowest BCUT2D eigenvalue weighted by molar-refractivity contribution is 0.173. The number of rotatable bonds is 11. The molecule has 2 aliphatic rings. The average molecular weight is 530 g/mol. The molecule has 39 heavy (non-hydrogen) atoms. The third-order valence-corrected chi connectivity index (χ3v) is 9.10. The summed E-state index contributed by atoms with van der Waals surface area (Å²) < 4.78 is 0. The summed E-state index contributed by atoms with van der Waals surface area (Å²) in [7, 11) is 4.43. The molecule has 0 spiro atoms. The van der Waals surface area contributed by atoms with Gasteiger partial charge in [-0.15, -0.1) is 0 Å². The number of piperidine rings is 1. The van der Waals surface area contributed by atoms with Gasteiger partial charge in [0.15, 0.2) is 0 Å². The maximum absolute atomic E-state index is 5.56. The summed E-state index contributed by atoms with van der Waals surface area (Å²) in [5.41, 5.74) is 12.1. The van der Waals surface area contributed by atoms with Gasteiger partial charge >= 0.3 is 0 Å². The highest BCUT2D eigenvalue weighted by molar-refractivity contribution is 6.04. The van der Waals surface area contributed by atoms with Crippen molar-refractivity contribution >= 4 is 11.4 Å². The quantitative estimate of drug-likeness (QED) is 0.210. The summed E-state index contributed by atoms with van der Waals surface area (Å²) >= 11 is 0. The van der Waals surface area contributed by atoms with Crippen LogP contribution in [-0.2, 0) is 6.42 Å². The van der Waals surface area contributed by atoms with Gasteiger partial charge in [-0.25, -0.2) is 0 Å². The van der Waals surface area contributed by atoms with Crippen molar-refractivity contribution in [3.8, 4) is 0 Å². The van der Waals surface area contributed by atoms with Gasteiger partial charge in [-0.1, -0.05) is 51.5 Å². The van der Waals surface area contributed by atoms with Gasteiger partial charge < -0.3 is 9.80 Å². The first-order valence-corrected chi connectivity index (χ1v) is 15.6. The first kappa shape index (κ1) is 31.1. The molecule has 0 amide bonds. The van der Waals surface area contributed by atoms with Crippen molar-refractivity contribution in [3.63, 3.8) is 0 Å². The Balaban J connectivity index is 2.07. The Bertz CT molecular complexity index is 1110. The molecule has 1 aliphatic carbocycles. The Morgan fingerprint density at radius 2 is 1.79 bits per heavy atom. The smallest absolute Gasteiger partial charge is 0.0708 e. The fraction of sp³-hybridized carbons (Fsp3) is 0.583. The molecular weight excluding hydrogens is 474 g/mol. The molecule has 3 rings (SSSR count). The molecule has 0 bridgehead atoms. The van der Waals surface area contributed by atoms with Crippen LogP contribution in [0.25, 0.3) is 5.70 Å². The maximum atomic E-state index is 5.56. The topological polar surface area (TPSA) is 18.8 Å². The summed E-state index contributed by atoms with van der Waals surface area (Å²) in [6.45, 7) is 18.1. The first-order chi connectivity index (χ1) is 18.7. The Hall–Kier alpha value is -2.39. The third kappa shape index (κ3) is 8.07. The third-order valence-electron chi connectivity index (χ3n) is 9.10. The second-order valence-electron chi connectivity index (χ2n) is 11.9. The lowest BCUT2D eigenvalue weighted by Crippen LogP contribution is -2.41. The molecule has 1 unspecified atom stereocenters. The number of nitrogens with zero attached hydrogens (tertiary/aromatic N) is 3. The molecule has 3 heteroatoms. The molecule has 1 saturated carbocycles. The van der Waals surface area contributed by atoms with Gasteiger partial charge in [0.1, 0.15) is 0 Å². The lowest BCUT2D eigenvalue weighted by atomic mass is 9.87. The predicted octanol–water partition coefficient (Wildman–Crippen LogP) is 9.15. The standard InChI is InChI=1S/C36H55N3/c1-10-26(5)36(30(12-3)25-33(13-4)39-21-19-34(20-22-39)38(8)9)37-35(23-28(7)31-15-14-16-31)32-18-17-27(6)29(11-2)24-32/h13,17-18,23-26,34H,10-12,14-16,19-22H2,1-9H3/b30-25-,33-13+,35-23-,37-36+. The first-order valence-electron chi connectivity index (χ1n) is 15.6. The summed E-state index contributed by atoms with van der Waals surface area (Å²) in [5, 5.41) is 0. The summed E-state index contributed by atoms with van der Waals surface area (Å²) in [6.07, 6.45) is 16.5. The molecule has 214 valence electrons. The minimum Gasteiger partial charge on any atom is -0.372 e. The van der Waals surface area contributed by atoms with E-state index in [9.17, 15) is 0 Å². The Morgan fingerprint density at radius 3 is 2.31 bits per heavy atom. The number of aliphatic imine (C=N–C) groups is 1. The van der Waals surface area contributed by atoms with E-state index in [0.717, 1.165) is 38.0 Å². The van der Waals surface area contributed by atoms with Crippen molar-refractivity contribution in [2.45, 2.75) is 106 Å². The molecule has 0 aromatic heterocycles. The second-order valence-corrected chi connectivity index (χ2v) is 11.9. The van der Waals surface area contributed by atoms with Crippen LogP contribution in [0.15, 0.2) is 63.8 Å². The van der Waals surface area contributed by atoms with Crippen molar-refractivity contribution in [2.75, 3.05) is 27.2 Å². The van der Waals surface area contributed by atoms with E-state index in [2.05, 4.69) is 109 Å². The van der Waals surface area contributed by atoms with E-state index >= 15 is 0 Å². The molecule has 2 fully saturated rings. The van der Waals surface area contributed by atoms with Crippen molar-refractivity contribution < 1.29 is 0 Å². The fourth-order valence-electron chi connectivity index (χ4n) is 5.80. The molecule has 1 atom stereocenters. The maximum Gasteiger partial charge on any atom is 0.0708 e. The van der Waals surface area contributed by atoms with Crippen LogP contribution >= 0.6 is 0 Å². The van der Waals surface area contributed by atoms with Gasteiger partial charge in [-0.05, 0) is 133 Å². The monoisotopic (exact) mass is 529 g/mol. The fourth-order valence-corrected chi connectivity index (χ4v) is 5.80. The van der Waals surface area contributed by atoms with Gasteiger partial charge in [-0.2, -0.15) is 0 Å². The van der Waals surface area contributed by atoms with Crippen molar-refractivity contribution in [3.05, 3.63) is 75.5 Å². The Labute approximate surface area is 240 Å². The largest absolute Gasteiger partial charge is 0.372 e. The van der Waals surface area contributed by atoms with Crippen molar-refractivity contribution in [1.82, 2.24) is 9.80 Å². The van der Waals surface area contributed by atoms with E-state index < -0.39 is 0 Å². The van der Waals surface area contributed by atoms with E-state index in [0.29, 0.717) is 12.0 Å². The summed E-state index contributed by atoms with van der Waals surface area (Å²) in [5.74, 6) is 0.393. The van der Waals surface area contributed by atoms with Crippen molar-refractivity contribution in [1.29, 1.82) is 0 Å². The zero-order valence-electron chi connectivity index (χ0n) is 26.5. The van der Waals surface area contributed by atoms with Crippen LogP contribution < -0.4 is 0 Å². The minimum atomic E-state index is 0.393. The Kier molecular flexibility index (Phi) is 11.9. The SMILES string of the molecule is C\C=C(/C=C(CC)\C(=N\C(=C/C(C)=C1CCC1)c1ccc(C)c(CC)c1)C(C)CC)N1CCC(N(C)C)CC1. The molecule has 3 nitrogen and oxygen atoms in total. The van der Waals surface area contributed by atoms with Crippen LogP contribution in [0.3, 0.4) is 0 Å². The number of likely N-dealkylation sites (tertiary alicyclic amines) is 1. The zero-order valence-corrected chi connectivity index (χ0v) is 26.5. The van der Waals surface area contributed by atoms with E-state index in [-0.39, 0.29) is 0 Å². The number of allylic oxidation sites excluding steroid dienone is 6. The Morgan fingerprint density at radius 1 is 1.10 bits per heavy atom. The van der Waals surface area contributed by atoms with Gasteiger partial charge in [0, 0.05) is 36.1 Å². The van der Waals surface area contributed by atoms with Gasteiger partial charge in [0.25, 0.3) is 0 Å². The zero-order chi connectivity index (χ0) is 28.5. The molecule has 0 radical (unpaired) electrons. The molecule has 1 aliphatic heterocycles. The normalized spacial score (nSPS) is 19.0. The molecule has 1 aromatic carbocycles. The minimum absolute atomic E-state index is 0.393. The molecule has 1 aromatic rings. The summed E-state index contributed by atoms with van der Waals surface area (Å²) in [6, 6.07) is 7.62. The van der Waals surface area contributed by atoms with E-state index in [1.165, 1.54) is 71.3 Å². The second kappa shape index (κ2) is 14.8. The van der Waals surface area contributed by atoms with Crippen LogP contribution in [-0.4, -0.2) is 48.7 Å². The average Bonchev–Trinajstić information content (AvgIpc) is 2.91.